The molecule has 0 bridgehead atoms. The van der Waals surface area contributed by atoms with E-state index in [-0.39, 0.29) is 0 Å². The van der Waals surface area contributed by atoms with Gasteiger partial charge >= 0.3 is 0 Å². The highest BCUT2D eigenvalue weighted by Gasteiger charge is 2.09. The summed E-state index contributed by atoms with van der Waals surface area (Å²) < 4.78 is 0. The summed E-state index contributed by atoms with van der Waals surface area (Å²) in [5, 5.41) is 10.7. The molecule has 0 amide bonds. The Bertz CT molecular complexity index is 661. The molecule has 2 heterocycles. The van der Waals surface area contributed by atoms with Crippen LogP contribution in [0.2, 0.25) is 0 Å². The third-order valence-electron chi connectivity index (χ3n) is 2.97. The van der Waals surface area contributed by atoms with Gasteiger partial charge in [0.2, 0.25) is 0 Å². The van der Waals surface area contributed by atoms with E-state index in [2.05, 4.69) is 42.2 Å². The fourth-order valence-electron chi connectivity index (χ4n) is 1.90. The largest absolute Gasteiger partial charge is 0.158 e. The zero-order chi connectivity index (χ0) is 11.8. The molecular weight excluding hydrogens is 228 g/mol. The smallest absolute Gasteiger partial charge is 0.111 e. The zero-order valence-electron chi connectivity index (χ0n) is 9.77. The minimum atomic E-state index is 0.990. The Morgan fingerprint density at radius 2 is 1.94 bits per heavy atom. The molecule has 3 heteroatoms. The lowest BCUT2D eigenvalue weighted by molar-refractivity contribution is 1.06. The first-order chi connectivity index (χ1) is 8.25. The van der Waals surface area contributed by atoms with Crippen LogP contribution in [0.25, 0.3) is 21.3 Å². The van der Waals surface area contributed by atoms with E-state index < -0.39 is 0 Å². The van der Waals surface area contributed by atoms with Gasteiger partial charge in [0.25, 0.3) is 0 Å². The summed E-state index contributed by atoms with van der Waals surface area (Å²) in [5.74, 6) is 0. The molecular formula is C14H12N2S. The Morgan fingerprint density at radius 1 is 1.12 bits per heavy atom. The van der Waals surface area contributed by atoms with Crippen LogP contribution in [-0.4, -0.2) is 10.2 Å². The molecule has 0 saturated heterocycles. The zero-order valence-corrected chi connectivity index (χ0v) is 10.6. The Hall–Kier alpha value is -1.74. The van der Waals surface area contributed by atoms with Gasteiger partial charge in [0.15, 0.2) is 0 Å². The van der Waals surface area contributed by atoms with E-state index in [1.165, 1.54) is 20.7 Å². The minimum absolute atomic E-state index is 0.990. The molecule has 0 aliphatic heterocycles. The number of thiophene rings is 1. The second-order valence-electron chi connectivity index (χ2n) is 4.13. The molecule has 0 aliphatic carbocycles. The lowest BCUT2D eigenvalue weighted by Crippen LogP contribution is -1.87. The van der Waals surface area contributed by atoms with E-state index >= 15 is 0 Å². The van der Waals surface area contributed by atoms with Crippen LogP contribution in [-0.2, 0) is 0 Å². The van der Waals surface area contributed by atoms with Crippen LogP contribution in [0.5, 0.6) is 0 Å². The van der Waals surface area contributed by atoms with Crippen molar-refractivity contribution in [2.75, 3.05) is 0 Å². The maximum Gasteiger partial charge on any atom is 0.111 e. The summed E-state index contributed by atoms with van der Waals surface area (Å²) in [6, 6.07) is 10.4. The number of aryl methyl sites for hydroxylation is 2. The summed E-state index contributed by atoms with van der Waals surface area (Å²) >= 11 is 1.78. The van der Waals surface area contributed by atoms with Crippen LogP contribution in [0, 0.1) is 13.8 Å². The van der Waals surface area contributed by atoms with Crippen molar-refractivity contribution in [1.82, 2.24) is 10.2 Å². The van der Waals surface area contributed by atoms with Crippen molar-refractivity contribution < 1.29 is 0 Å². The average molecular weight is 240 g/mol. The Morgan fingerprint density at radius 3 is 2.71 bits per heavy atom. The van der Waals surface area contributed by atoms with Crippen molar-refractivity contribution in [3.8, 4) is 10.6 Å². The summed E-state index contributed by atoms with van der Waals surface area (Å²) in [6.45, 7) is 4.27. The van der Waals surface area contributed by atoms with Crippen LogP contribution in [0.15, 0.2) is 36.5 Å². The van der Waals surface area contributed by atoms with Crippen molar-refractivity contribution in [2.45, 2.75) is 13.8 Å². The highest BCUT2D eigenvalue weighted by molar-refractivity contribution is 7.15. The van der Waals surface area contributed by atoms with E-state index in [0.29, 0.717) is 0 Å². The van der Waals surface area contributed by atoms with E-state index in [4.69, 9.17) is 0 Å². The number of fused-ring (bicyclic) bond motifs is 1. The second-order valence-corrected chi connectivity index (χ2v) is 5.39. The van der Waals surface area contributed by atoms with Gasteiger partial charge in [-0.25, -0.2) is 0 Å². The predicted molar refractivity (Wildman–Crippen MR) is 72.3 cm³/mol. The van der Waals surface area contributed by atoms with Crippen LogP contribution in [0.3, 0.4) is 0 Å². The molecule has 0 fully saturated rings. The Kier molecular flexibility index (Phi) is 2.41. The summed E-state index contributed by atoms with van der Waals surface area (Å²) in [5.41, 5.74) is 2.31. The quantitative estimate of drug-likeness (QED) is 0.643. The highest BCUT2D eigenvalue weighted by Crippen LogP contribution is 2.33. The number of rotatable bonds is 1. The molecule has 1 aromatic carbocycles. The van der Waals surface area contributed by atoms with Crippen LogP contribution in [0.1, 0.15) is 10.4 Å². The van der Waals surface area contributed by atoms with E-state index in [0.717, 1.165) is 11.1 Å². The van der Waals surface area contributed by atoms with Crippen LogP contribution in [0.4, 0.5) is 0 Å². The molecule has 0 unspecified atom stereocenters. The number of hydrogen-bond acceptors (Lipinski definition) is 3. The predicted octanol–water partition coefficient (Wildman–Crippen LogP) is 3.98. The Labute approximate surface area is 104 Å². The molecule has 0 N–H and O–H groups in total. The average Bonchev–Trinajstić information content (AvgIpc) is 2.69. The van der Waals surface area contributed by atoms with Gasteiger partial charge in [-0.1, -0.05) is 24.3 Å². The number of aromatic nitrogens is 2. The third kappa shape index (κ3) is 1.72. The van der Waals surface area contributed by atoms with E-state index in [9.17, 15) is 0 Å². The molecule has 3 aromatic rings. The number of nitrogens with zero attached hydrogens (tertiary/aromatic N) is 2. The fraction of sp³-hybridized carbons (Fsp3) is 0.143. The second kappa shape index (κ2) is 3.93. The number of benzene rings is 1. The van der Waals surface area contributed by atoms with Gasteiger partial charge in [0.1, 0.15) is 5.69 Å². The maximum atomic E-state index is 4.29. The van der Waals surface area contributed by atoms with Gasteiger partial charge in [-0.15, -0.1) is 16.4 Å². The molecule has 0 saturated carbocycles. The minimum Gasteiger partial charge on any atom is -0.158 e. The lowest BCUT2D eigenvalue weighted by atomic mass is 10.1. The third-order valence-corrected chi connectivity index (χ3v) is 4.13. The fourth-order valence-corrected chi connectivity index (χ4v) is 2.93. The molecule has 2 nitrogen and oxygen atoms in total. The topological polar surface area (TPSA) is 25.8 Å². The van der Waals surface area contributed by atoms with Gasteiger partial charge in [-0.3, -0.25) is 0 Å². The highest BCUT2D eigenvalue weighted by atomic mass is 32.1. The Balaban J connectivity index is 2.30. The molecule has 0 radical (unpaired) electrons. The molecule has 17 heavy (non-hydrogen) atoms. The molecule has 0 spiro atoms. The van der Waals surface area contributed by atoms with Crippen molar-refractivity contribution in [3.63, 3.8) is 0 Å². The van der Waals surface area contributed by atoms with Gasteiger partial charge < -0.3 is 0 Å². The van der Waals surface area contributed by atoms with Gasteiger partial charge in [0.05, 0.1) is 11.1 Å². The molecule has 3 rings (SSSR count). The molecule has 0 atom stereocenters. The molecule has 84 valence electrons. The lowest BCUT2D eigenvalue weighted by Gasteiger charge is -2.01. The van der Waals surface area contributed by atoms with Crippen molar-refractivity contribution >= 4 is 22.1 Å². The van der Waals surface area contributed by atoms with E-state index in [1.54, 1.807) is 11.3 Å². The monoisotopic (exact) mass is 240 g/mol. The van der Waals surface area contributed by atoms with E-state index in [1.807, 2.05) is 18.3 Å². The van der Waals surface area contributed by atoms with Crippen molar-refractivity contribution in [2.24, 2.45) is 0 Å². The van der Waals surface area contributed by atoms with Crippen molar-refractivity contribution in [3.05, 3.63) is 47.0 Å². The SMILES string of the molecule is Cc1cc(-c2nncc3ccccc23)sc1C. The molecule has 0 aliphatic rings. The maximum absolute atomic E-state index is 4.29. The summed E-state index contributed by atoms with van der Waals surface area (Å²) in [7, 11) is 0. The first-order valence-corrected chi connectivity index (χ1v) is 6.35. The van der Waals surface area contributed by atoms with Crippen molar-refractivity contribution in [1.29, 1.82) is 0 Å². The van der Waals surface area contributed by atoms with Gasteiger partial charge in [-0.2, -0.15) is 5.10 Å². The summed E-state index contributed by atoms with van der Waals surface area (Å²) in [6.07, 6.45) is 1.81. The first-order valence-electron chi connectivity index (χ1n) is 5.53. The normalized spacial score (nSPS) is 10.9. The van der Waals surface area contributed by atoms with Crippen LogP contribution >= 0.6 is 11.3 Å². The standard InChI is InChI=1S/C14H12N2S/c1-9-7-13(17-10(9)2)14-12-6-4-3-5-11(12)8-15-16-14/h3-8H,1-2H3. The van der Waals surface area contributed by atoms with Crippen LogP contribution < -0.4 is 0 Å². The molecule has 2 aromatic heterocycles. The number of hydrogen-bond donors (Lipinski definition) is 0. The summed E-state index contributed by atoms with van der Waals surface area (Å²) in [4.78, 5) is 2.54. The van der Waals surface area contributed by atoms with Gasteiger partial charge in [-0.05, 0) is 25.5 Å². The van der Waals surface area contributed by atoms with Gasteiger partial charge in [0, 0.05) is 15.6 Å². The first kappa shape index (κ1) is 10.4.